The van der Waals surface area contributed by atoms with Crippen LogP contribution in [0.2, 0.25) is 0 Å². The molecule has 0 fully saturated rings. The van der Waals surface area contributed by atoms with Crippen LogP contribution in [-0.2, 0) is 13.6 Å². The van der Waals surface area contributed by atoms with Crippen molar-refractivity contribution in [1.82, 2.24) is 30.4 Å². The number of hydrogen-bond acceptors (Lipinski definition) is 5. The summed E-state index contributed by atoms with van der Waals surface area (Å²) in [6.07, 6.45) is 0.697. The standard InChI is InChI=1S/C19H22N6O3/c1-5-10-25-19(28)14-9-7-6-8-13(14)16(23-25)18(27)21-20-17(26)15-11(2)22-24(4)12(15)3/h6-9H,5,10H2,1-4H3,(H,20,26)(H,21,27). The van der Waals surface area contributed by atoms with Crippen LogP contribution in [0.25, 0.3) is 10.8 Å². The first-order valence-corrected chi connectivity index (χ1v) is 8.95. The second kappa shape index (κ2) is 7.63. The van der Waals surface area contributed by atoms with Crippen molar-refractivity contribution in [2.75, 3.05) is 0 Å². The van der Waals surface area contributed by atoms with Crippen molar-refractivity contribution in [3.63, 3.8) is 0 Å². The van der Waals surface area contributed by atoms with Gasteiger partial charge in [0, 0.05) is 24.7 Å². The average Bonchev–Trinajstić information content (AvgIpc) is 2.93. The van der Waals surface area contributed by atoms with Gasteiger partial charge in [0.1, 0.15) is 0 Å². The van der Waals surface area contributed by atoms with E-state index in [-0.39, 0.29) is 11.3 Å². The highest BCUT2D eigenvalue weighted by atomic mass is 16.2. The van der Waals surface area contributed by atoms with Gasteiger partial charge in [-0.05, 0) is 26.3 Å². The predicted molar refractivity (Wildman–Crippen MR) is 104 cm³/mol. The number of hydrogen-bond donors (Lipinski definition) is 2. The zero-order valence-electron chi connectivity index (χ0n) is 16.2. The molecule has 146 valence electrons. The molecule has 0 aliphatic rings. The molecule has 28 heavy (non-hydrogen) atoms. The topological polar surface area (TPSA) is 111 Å². The Kier molecular flexibility index (Phi) is 5.25. The molecule has 2 aromatic heterocycles. The van der Waals surface area contributed by atoms with E-state index in [0.717, 1.165) is 0 Å². The van der Waals surface area contributed by atoms with E-state index >= 15 is 0 Å². The van der Waals surface area contributed by atoms with Crippen molar-refractivity contribution in [3.05, 3.63) is 57.3 Å². The molecule has 0 aliphatic heterocycles. The minimum atomic E-state index is -0.603. The number of aromatic nitrogens is 4. The number of fused-ring (bicyclic) bond motifs is 1. The summed E-state index contributed by atoms with van der Waals surface area (Å²) in [5.41, 5.74) is 6.26. The van der Waals surface area contributed by atoms with Gasteiger partial charge in [-0.2, -0.15) is 10.2 Å². The Hall–Kier alpha value is -3.49. The van der Waals surface area contributed by atoms with E-state index in [1.54, 1.807) is 49.8 Å². The summed E-state index contributed by atoms with van der Waals surface area (Å²) in [5, 5.41) is 9.23. The molecule has 0 spiro atoms. The molecule has 2 heterocycles. The predicted octanol–water partition coefficient (Wildman–Crippen LogP) is 1.23. The Labute approximate surface area is 161 Å². The van der Waals surface area contributed by atoms with E-state index in [4.69, 9.17) is 0 Å². The number of hydrazine groups is 1. The zero-order valence-corrected chi connectivity index (χ0v) is 16.2. The number of benzene rings is 1. The molecule has 2 N–H and O–H groups in total. The number of nitrogens with one attached hydrogen (secondary N) is 2. The van der Waals surface area contributed by atoms with Crippen LogP contribution >= 0.6 is 0 Å². The second-order valence-corrected chi connectivity index (χ2v) is 6.50. The molecule has 9 nitrogen and oxygen atoms in total. The highest BCUT2D eigenvalue weighted by Crippen LogP contribution is 2.14. The lowest BCUT2D eigenvalue weighted by Gasteiger charge is -2.11. The lowest BCUT2D eigenvalue weighted by molar-refractivity contribution is 0.0843. The summed E-state index contributed by atoms with van der Waals surface area (Å²) in [7, 11) is 1.74. The summed E-state index contributed by atoms with van der Waals surface area (Å²) in [6.45, 7) is 5.80. The number of carbonyl (C=O) groups is 2. The zero-order chi connectivity index (χ0) is 20.4. The van der Waals surface area contributed by atoms with E-state index < -0.39 is 11.8 Å². The van der Waals surface area contributed by atoms with Crippen LogP contribution < -0.4 is 16.4 Å². The molecular formula is C19H22N6O3. The molecule has 0 aliphatic carbocycles. The minimum Gasteiger partial charge on any atom is -0.272 e. The second-order valence-electron chi connectivity index (χ2n) is 6.50. The third-order valence-corrected chi connectivity index (χ3v) is 4.54. The third kappa shape index (κ3) is 3.38. The Morgan fingerprint density at radius 3 is 2.29 bits per heavy atom. The molecule has 0 radical (unpaired) electrons. The highest BCUT2D eigenvalue weighted by molar-refractivity contribution is 6.06. The fraction of sp³-hybridized carbons (Fsp3) is 0.316. The Morgan fingerprint density at radius 2 is 1.68 bits per heavy atom. The van der Waals surface area contributed by atoms with Crippen molar-refractivity contribution in [3.8, 4) is 0 Å². The fourth-order valence-electron chi connectivity index (χ4n) is 3.10. The molecule has 0 saturated carbocycles. The third-order valence-electron chi connectivity index (χ3n) is 4.54. The van der Waals surface area contributed by atoms with Crippen LogP contribution in [0, 0.1) is 13.8 Å². The highest BCUT2D eigenvalue weighted by Gasteiger charge is 2.20. The van der Waals surface area contributed by atoms with Gasteiger partial charge in [0.25, 0.3) is 17.4 Å². The van der Waals surface area contributed by atoms with Crippen LogP contribution in [0.4, 0.5) is 0 Å². The van der Waals surface area contributed by atoms with Crippen molar-refractivity contribution in [2.24, 2.45) is 7.05 Å². The van der Waals surface area contributed by atoms with Crippen LogP contribution in [-0.4, -0.2) is 31.4 Å². The van der Waals surface area contributed by atoms with E-state index in [0.29, 0.717) is 40.7 Å². The smallest absolute Gasteiger partial charge is 0.272 e. The van der Waals surface area contributed by atoms with Gasteiger partial charge in [0.15, 0.2) is 5.69 Å². The summed E-state index contributed by atoms with van der Waals surface area (Å²) >= 11 is 0. The van der Waals surface area contributed by atoms with Gasteiger partial charge in [-0.25, -0.2) is 4.68 Å². The first-order valence-electron chi connectivity index (χ1n) is 8.95. The van der Waals surface area contributed by atoms with Gasteiger partial charge in [0.05, 0.1) is 16.6 Å². The largest absolute Gasteiger partial charge is 0.290 e. The number of carbonyl (C=O) groups excluding carboxylic acids is 2. The fourth-order valence-corrected chi connectivity index (χ4v) is 3.10. The van der Waals surface area contributed by atoms with Gasteiger partial charge in [-0.3, -0.25) is 29.9 Å². The van der Waals surface area contributed by atoms with Gasteiger partial charge in [-0.1, -0.05) is 25.1 Å². The molecular weight excluding hydrogens is 360 g/mol. The normalized spacial score (nSPS) is 10.9. The van der Waals surface area contributed by atoms with E-state index in [1.165, 1.54) is 4.68 Å². The number of rotatable bonds is 4. The number of nitrogens with zero attached hydrogens (tertiary/aromatic N) is 4. The minimum absolute atomic E-state index is 0.0728. The van der Waals surface area contributed by atoms with Gasteiger partial charge in [-0.15, -0.1) is 0 Å². The van der Waals surface area contributed by atoms with Crippen LogP contribution in [0.3, 0.4) is 0 Å². The molecule has 3 aromatic rings. The van der Waals surface area contributed by atoms with Crippen molar-refractivity contribution < 1.29 is 9.59 Å². The molecule has 9 heteroatoms. The SMILES string of the molecule is CCCn1nc(C(=O)NNC(=O)c2c(C)nn(C)c2C)c2ccccc2c1=O. The lowest BCUT2D eigenvalue weighted by atomic mass is 10.1. The molecule has 1 aromatic carbocycles. The molecule has 0 bridgehead atoms. The first-order chi connectivity index (χ1) is 13.3. The van der Waals surface area contributed by atoms with E-state index in [2.05, 4.69) is 21.0 Å². The summed E-state index contributed by atoms with van der Waals surface area (Å²) < 4.78 is 2.87. The van der Waals surface area contributed by atoms with Crippen molar-refractivity contribution in [1.29, 1.82) is 0 Å². The van der Waals surface area contributed by atoms with Crippen molar-refractivity contribution >= 4 is 22.6 Å². The Bertz CT molecular complexity index is 1130. The summed E-state index contributed by atoms with van der Waals surface area (Å²) in [4.78, 5) is 37.7. The van der Waals surface area contributed by atoms with Crippen LogP contribution in [0.5, 0.6) is 0 Å². The Morgan fingerprint density at radius 1 is 1.04 bits per heavy atom. The van der Waals surface area contributed by atoms with Gasteiger partial charge >= 0.3 is 0 Å². The van der Waals surface area contributed by atoms with Crippen molar-refractivity contribution in [2.45, 2.75) is 33.7 Å². The number of amides is 2. The molecule has 2 amide bonds. The Balaban J connectivity index is 1.90. The van der Waals surface area contributed by atoms with E-state index in [9.17, 15) is 14.4 Å². The molecule has 0 atom stereocenters. The van der Waals surface area contributed by atoms with E-state index in [1.807, 2.05) is 6.92 Å². The molecule has 0 unspecified atom stereocenters. The maximum atomic E-state index is 12.7. The monoisotopic (exact) mass is 382 g/mol. The average molecular weight is 382 g/mol. The van der Waals surface area contributed by atoms with Gasteiger partial charge < -0.3 is 0 Å². The maximum absolute atomic E-state index is 12.7. The van der Waals surface area contributed by atoms with Crippen LogP contribution in [0.1, 0.15) is 45.6 Å². The molecule has 0 saturated heterocycles. The first kappa shape index (κ1) is 19.3. The maximum Gasteiger partial charge on any atom is 0.290 e. The van der Waals surface area contributed by atoms with Crippen LogP contribution in [0.15, 0.2) is 29.1 Å². The van der Waals surface area contributed by atoms with Gasteiger partial charge in [0.2, 0.25) is 0 Å². The number of aryl methyl sites for hydroxylation is 3. The molecule has 3 rings (SSSR count). The summed E-state index contributed by atoms with van der Waals surface area (Å²) in [6, 6.07) is 6.78. The summed E-state index contributed by atoms with van der Waals surface area (Å²) in [5.74, 6) is -1.07. The lowest BCUT2D eigenvalue weighted by Crippen LogP contribution is -2.43. The quantitative estimate of drug-likeness (QED) is 0.660.